The summed E-state index contributed by atoms with van der Waals surface area (Å²) in [5.74, 6) is -0.785. The van der Waals surface area contributed by atoms with Gasteiger partial charge in [0.2, 0.25) is 0 Å². The molecule has 0 spiro atoms. The van der Waals surface area contributed by atoms with Crippen molar-refractivity contribution >= 4 is 17.6 Å². The maximum absolute atomic E-state index is 13.0. The second-order valence-electron chi connectivity index (χ2n) is 8.25. The summed E-state index contributed by atoms with van der Waals surface area (Å²) in [4.78, 5) is 30.9. The molecule has 1 unspecified atom stereocenters. The molecule has 1 aliphatic heterocycles. The van der Waals surface area contributed by atoms with E-state index < -0.39 is 12.0 Å². The van der Waals surface area contributed by atoms with E-state index in [0.717, 1.165) is 47.5 Å². The fraction of sp³-hybridized carbons (Fsp3) is 0.320. The van der Waals surface area contributed by atoms with Crippen molar-refractivity contribution in [3.63, 3.8) is 0 Å². The largest absolute Gasteiger partial charge is 0.480 e. The first-order valence-corrected chi connectivity index (χ1v) is 10.9. The van der Waals surface area contributed by atoms with E-state index in [4.69, 9.17) is 0 Å². The standard InChI is InChI=1S/C25H28N4O3/c1-17-20(18-9-4-3-5-10-18)11-8-12-21(17)27-24(30)23-26-15-19(28(23)2)16-29-14-7-6-13-22(29)25(31)32/h3-5,8-12,15,22H,6-7,13-14,16H2,1-2H3,(H,27,30)(H,31,32). The SMILES string of the molecule is Cc1c(NC(=O)c2ncc(CN3CCCCC3C(=O)O)n2C)cccc1-c1ccccc1. The van der Waals surface area contributed by atoms with Gasteiger partial charge in [-0.25, -0.2) is 4.98 Å². The lowest BCUT2D eigenvalue weighted by Gasteiger charge is -2.32. The van der Waals surface area contributed by atoms with Crippen LogP contribution in [-0.4, -0.2) is 44.0 Å². The van der Waals surface area contributed by atoms with Gasteiger partial charge in [-0.2, -0.15) is 0 Å². The summed E-state index contributed by atoms with van der Waals surface area (Å²) in [6, 6.07) is 15.4. The molecular weight excluding hydrogens is 404 g/mol. The van der Waals surface area contributed by atoms with Crippen LogP contribution in [0.1, 0.15) is 41.1 Å². The minimum absolute atomic E-state index is 0.291. The Kier molecular flexibility index (Phi) is 6.37. The molecule has 1 saturated heterocycles. The quantitative estimate of drug-likeness (QED) is 0.613. The first-order valence-electron chi connectivity index (χ1n) is 10.9. The fourth-order valence-corrected chi connectivity index (χ4v) is 4.35. The second-order valence-corrected chi connectivity index (χ2v) is 8.25. The number of imidazole rings is 1. The molecule has 2 N–H and O–H groups in total. The molecule has 7 nitrogen and oxygen atoms in total. The predicted octanol–water partition coefficient (Wildman–Crippen LogP) is 4.09. The van der Waals surface area contributed by atoms with Crippen molar-refractivity contribution in [3.8, 4) is 11.1 Å². The topological polar surface area (TPSA) is 87.5 Å². The number of anilines is 1. The normalized spacial score (nSPS) is 16.6. The van der Waals surface area contributed by atoms with Crippen LogP contribution in [0.2, 0.25) is 0 Å². The van der Waals surface area contributed by atoms with Gasteiger partial charge in [-0.1, -0.05) is 48.9 Å². The highest BCUT2D eigenvalue weighted by molar-refractivity contribution is 6.02. The molecule has 7 heteroatoms. The van der Waals surface area contributed by atoms with Gasteiger partial charge in [0.15, 0.2) is 5.82 Å². The number of aromatic nitrogens is 2. The van der Waals surface area contributed by atoms with Gasteiger partial charge in [0.05, 0.1) is 11.9 Å². The summed E-state index contributed by atoms with van der Waals surface area (Å²) in [7, 11) is 1.80. The van der Waals surface area contributed by atoms with Gasteiger partial charge in [0.25, 0.3) is 5.91 Å². The molecule has 1 aliphatic rings. The number of carboxylic acids is 1. The van der Waals surface area contributed by atoms with Crippen molar-refractivity contribution in [3.05, 3.63) is 71.8 Å². The Hall–Kier alpha value is -3.45. The zero-order chi connectivity index (χ0) is 22.7. The highest BCUT2D eigenvalue weighted by Crippen LogP contribution is 2.28. The molecule has 0 aliphatic carbocycles. The molecule has 0 bridgehead atoms. The number of aliphatic carboxylic acids is 1. The molecule has 3 aromatic rings. The van der Waals surface area contributed by atoms with Crippen LogP contribution >= 0.6 is 0 Å². The summed E-state index contributed by atoms with van der Waals surface area (Å²) in [5.41, 5.74) is 4.70. The highest BCUT2D eigenvalue weighted by atomic mass is 16.4. The molecule has 2 aromatic carbocycles. The lowest BCUT2D eigenvalue weighted by atomic mass is 9.99. The van der Waals surface area contributed by atoms with E-state index in [2.05, 4.69) is 10.3 Å². The molecule has 4 rings (SSSR count). The summed E-state index contributed by atoms with van der Waals surface area (Å²) >= 11 is 0. The van der Waals surface area contributed by atoms with Crippen LogP contribution < -0.4 is 5.32 Å². The van der Waals surface area contributed by atoms with Crippen LogP contribution in [0.4, 0.5) is 5.69 Å². The summed E-state index contributed by atoms with van der Waals surface area (Å²) < 4.78 is 1.75. The third-order valence-electron chi connectivity index (χ3n) is 6.22. The Morgan fingerprint density at radius 3 is 2.66 bits per heavy atom. The minimum Gasteiger partial charge on any atom is -0.480 e. The number of rotatable bonds is 6. The maximum Gasteiger partial charge on any atom is 0.320 e. The molecular formula is C25H28N4O3. The summed E-state index contributed by atoms with van der Waals surface area (Å²) in [5, 5.41) is 12.5. The average Bonchev–Trinajstić information content (AvgIpc) is 3.16. The molecule has 1 aromatic heterocycles. The maximum atomic E-state index is 13.0. The third-order valence-corrected chi connectivity index (χ3v) is 6.22. The Balaban J connectivity index is 1.52. The van der Waals surface area contributed by atoms with Crippen LogP contribution in [0, 0.1) is 6.92 Å². The predicted molar refractivity (Wildman–Crippen MR) is 123 cm³/mol. The van der Waals surface area contributed by atoms with Gasteiger partial charge < -0.3 is 15.0 Å². The first-order chi connectivity index (χ1) is 15.5. The van der Waals surface area contributed by atoms with Crippen molar-refractivity contribution in [2.75, 3.05) is 11.9 Å². The molecule has 1 amide bonds. The summed E-state index contributed by atoms with van der Waals surface area (Å²) in [6.45, 7) is 3.18. The van der Waals surface area contributed by atoms with E-state index in [1.54, 1.807) is 17.8 Å². The monoisotopic (exact) mass is 432 g/mol. The molecule has 2 heterocycles. The van der Waals surface area contributed by atoms with Crippen LogP contribution in [0.3, 0.4) is 0 Å². The number of carboxylic acid groups (broad SMARTS) is 1. The number of likely N-dealkylation sites (tertiary alicyclic amines) is 1. The molecule has 1 fully saturated rings. The van der Waals surface area contributed by atoms with E-state index in [-0.39, 0.29) is 5.91 Å². The number of carbonyl (C=O) groups is 2. The zero-order valence-corrected chi connectivity index (χ0v) is 18.4. The van der Waals surface area contributed by atoms with Crippen molar-refractivity contribution in [1.82, 2.24) is 14.5 Å². The molecule has 32 heavy (non-hydrogen) atoms. The zero-order valence-electron chi connectivity index (χ0n) is 18.4. The number of nitrogens with one attached hydrogen (secondary N) is 1. The third kappa shape index (κ3) is 4.43. The van der Waals surface area contributed by atoms with E-state index in [0.29, 0.717) is 18.8 Å². The molecule has 166 valence electrons. The van der Waals surface area contributed by atoms with Crippen molar-refractivity contribution in [1.29, 1.82) is 0 Å². The Morgan fingerprint density at radius 1 is 1.12 bits per heavy atom. The molecule has 1 atom stereocenters. The lowest BCUT2D eigenvalue weighted by Crippen LogP contribution is -2.44. The van der Waals surface area contributed by atoms with Gasteiger partial charge in [0.1, 0.15) is 6.04 Å². The first kappa shape index (κ1) is 21.8. The van der Waals surface area contributed by atoms with Crippen molar-refractivity contribution < 1.29 is 14.7 Å². The van der Waals surface area contributed by atoms with E-state index >= 15 is 0 Å². The van der Waals surface area contributed by atoms with E-state index in [1.165, 1.54) is 0 Å². The van der Waals surface area contributed by atoms with Crippen molar-refractivity contribution in [2.24, 2.45) is 7.05 Å². The fourth-order valence-electron chi connectivity index (χ4n) is 4.35. The highest BCUT2D eigenvalue weighted by Gasteiger charge is 2.29. The number of piperidine rings is 1. The second kappa shape index (κ2) is 9.36. The van der Waals surface area contributed by atoms with Gasteiger partial charge in [0, 0.05) is 19.3 Å². The smallest absolute Gasteiger partial charge is 0.320 e. The van der Waals surface area contributed by atoms with Crippen LogP contribution in [0.15, 0.2) is 54.7 Å². The summed E-state index contributed by atoms with van der Waals surface area (Å²) in [6.07, 6.45) is 4.22. The number of hydrogen-bond acceptors (Lipinski definition) is 4. The molecule has 0 saturated carbocycles. The van der Waals surface area contributed by atoms with Crippen LogP contribution in [0.5, 0.6) is 0 Å². The minimum atomic E-state index is -0.793. The number of amides is 1. The van der Waals surface area contributed by atoms with Crippen LogP contribution in [0.25, 0.3) is 11.1 Å². The van der Waals surface area contributed by atoms with E-state index in [1.807, 2.05) is 60.4 Å². The Morgan fingerprint density at radius 2 is 1.91 bits per heavy atom. The van der Waals surface area contributed by atoms with E-state index in [9.17, 15) is 14.7 Å². The Labute approximate surface area is 187 Å². The Bertz CT molecular complexity index is 1120. The average molecular weight is 433 g/mol. The van der Waals surface area contributed by atoms with Gasteiger partial charge in [-0.05, 0) is 49.1 Å². The van der Waals surface area contributed by atoms with Crippen LogP contribution in [-0.2, 0) is 18.4 Å². The number of benzene rings is 2. The molecule has 0 radical (unpaired) electrons. The number of carbonyl (C=O) groups excluding carboxylic acids is 1. The van der Waals surface area contributed by atoms with Gasteiger partial charge in [-0.15, -0.1) is 0 Å². The lowest BCUT2D eigenvalue weighted by molar-refractivity contribution is -0.144. The van der Waals surface area contributed by atoms with Gasteiger partial charge in [-0.3, -0.25) is 14.5 Å². The number of nitrogens with zero attached hydrogens (tertiary/aromatic N) is 3. The van der Waals surface area contributed by atoms with Crippen molar-refractivity contribution in [2.45, 2.75) is 38.8 Å². The van der Waals surface area contributed by atoms with Gasteiger partial charge >= 0.3 is 5.97 Å². The number of hydrogen-bond donors (Lipinski definition) is 2.